The summed E-state index contributed by atoms with van der Waals surface area (Å²) in [6.07, 6.45) is -1.78. The Morgan fingerprint density at radius 1 is 1.08 bits per heavy atom. The number of halogens is 3. The van der Waals surface area contributed by atoms with Gasteiger partial charge < -0.3 is 0 Å². The smallest absolute Gasteiger partial charge is 0.298 e. The molecule has 0 bridgehead atoms. The first-order valence-corrected chi connectivity index (χ1v) is 8.61. The summed E-state index contributed by atoms with van der Waals surface area (Å²) >= 11 is 0. The van der Waals surface area contributed by atoms with Crippen molar-refractivity contribution in [2.24, 2.45) is 0 Å². The molecule has 1 aromatic carbocycles. The largest absolute Gasteiger partial charge is 0.417 e. The van der Waals surface area contributed by atoms with E-state index < -0.39 is 11.7 Å². The predicted molar refractivity (Wildman–Crippen MR) is 93.7 cm³/mol. The van der Waals surface area contributed by atoms with Crippen LogP contribution in [0.2, 0.25) is 0 Å². The van der Waals surface area contributed by atoms with E-state index in [0.29, 0.717) is 17.6 Å². The van der Waals surface area contributed by atoms with E-state index in [1.807, 2.05) is 24.3 Å². The van der Waals surface area contributed by atoms with Crippen LogP contribution in [0.25, 0.3) is 11.0 Å². The number of hydrogen-bond donors (Lipinski definition) is 0. The van der Waals surface area contributed by atoms with Crippen LogP contribution in [0, 0.1) is 0 Å². The number of pyridine rings is 2. The quantitative estimate of drug-likeness (QED) is 0.702. The van der Waals surface area contributed by atoms with Crippen LogP contribution >= 0.6 is 0 Å². The van der Waals surface area contributed by atoms with Gasteiger partial charge in [0, 0.05) is 43.3 Å². The van der Waals surface area contributed by atoms with Gasteiger partial charge in [-0.15, -0.1) is 0 Å². The van der Waals surface area contributed by atoms with Crippen molar-refractivity contribution in [3.63, 3.8) is 0 Å². The lowest BCUT2D eigenvalue weighted by Crippen LogP contribution is -2.32. The standard InChI is InChI=1S/C20H18F3N3/c21-20(22,23)17-11-15-10-16-13-26(8-6-14-4-2-1-3-5-14)9-7-18(16)25-19(15)24-12-17/h1-5,10-12H,6-9,13H2. The van der Waals surface area contributed by atoms with Crippen LogP contribution in [-0.2, 0) is 25.6 Å². The highest BCUT2D eigenvalue weighted by atomic mass is 19.4. The minimum absolute atomic E-state index is 0.384. The second-order valence-electron chi connectivity index (χ2n) is 6.62. The van der Waals surface area contributed by atoms with Crippen LogP contribution in [0.15, 0.2) is 48.7 Å². The Balaban J connectivity index is 1.54. The summed E-state index contributed by atoms with van der Waals surface area (Å²) in [5, 5.41) is 0.448. The summed E-state index contributed by atoms with van der Waals surface area (Å²) < 4.78 is 38.7. The fraction of sp³-hybridized carbons (Fsp3) is 0.300. The summed E-state index contributed by atoms with van der Waals surface area (Å²) in [6, 6.07) is 13.2. The number of fused-ring (bicyclic) bond motifs is 2. The Bertz CT molecular complexity index is 923. The first kappa shape index (κ1) is 17.0. The minimum atomic E-state index is -4.39. The van der Waals surface area contributed by atoms with E-state index in [9.17, 15) is 13.2 Å². The van der Waals surface area contributed by atoms with Crippen molar-refractivity contribution < 1.29 is 13.2 Å². The first-order chi connectivity index (χ1) is 12.5. The van der Waals surface area contributed by atoms with Crippen LogP contribution in [-0.4, -0.2) is 28.0 Å². The molecule has 0 atom stereocenters. The van der Waals surface area contributed by atoms with E-state index in [0.717, 1.165) is 49.5 Å². The summed E-state index contributed by atoms with van der Waals surface area (Å²) in [6.45, 7) is 2.53. The van der Waals surface area contributed by atoms with Crippen LogP contribution in [0.3, 0.4) is 0 Å². The van der Waals surface area contributed by atoms with Gasteiger partial charge in [-0.1, -0.05) is 30.3 Å². The first-order valence-electron chi connectivity index (χ1n) is 8.61. The third kappa shape index (κ3) is 3.55. The van der Waals surface area contributed by atoms with Gasteiger partial charge in [0.25, 0.3) is 0 Å². The number of aromatic nitrogens is 2. The van der Waals surface area contributed by atoms with E-state index in [2.05, 4.69) is 27.0 Å². The number of rotatable bonds is 3. The number of alkyl halides is 3. The Morgan fingerprint density at radius 3 is 2.65 bits per heavy atom. The molecule has 0 aliphatic carbocycles. The average Bonchev–Trinajstić information content (AvgIpc) is 2.64. The lowest BCUT2D eigenvalue weighted by molar-refractivity contribution is -0.137. The van der Waals surface area contributed by atoms with Gasteiger partial charge in [-0.05, 0) is 29.7 Å². The fourth-order valence-electron chi connectivity index (χ4n) is 3.36. The lowest BCUT2D eigenvalue weighted by atomic mass is 10.0. The van der Waals surface area contributed by atoms with E-state index in [-0.39, 0.29) is 0 Å². The lowest BCUT2D eigenvalue weighted by Gasteiger charge is -2.28. The Morgan fingerprint density at radius 2 is 1.88 bits per heavy atom. The van der Waals surface area contributed by atoms with E-state index in [1.165, 1.54) is 5.56 Å². The molecule has 134 valence electrons. The Hall–Kier alpha value is -2.47. The van der Waals surface area contributed by atoms with Gasteiger partial charge >= 0.3 is 6.18 Å². The van der Waals surface area contributed by atoms with Crippen molar-refractivity contribution in [2.45, 2.75) is 25.6 Å². The van der Waals surface area contributed by atoms with Gasteiger partial charge in [-0.2, -0.15) is 13.2 Å². The van der Waals surface area contributed by atoms with Gasteiger partial charge in [0.1, 0.15) is 0 Å². The molecule has 1 aliphatic heterocycles. The van der Waals surface area contributed by atoms with Gasteiger partial charge in [0.05, 0.1) is 5.56 Å². The van der Waals surface area contributed by atoms with Crippen molar-refractivity contribution in [1.82, 2.24) is 14.9 Å². The van der Waals surface area contributed by atoms with Crippen molar-refractivity contribution >= 4 is 11.0 Å². The molecule has 6 heteroatoms. The molecule has 0 unspecified atom stereocenters. The molecule has 0 saturated heterocycles. The molecule has 2 aromatic heterocycles. The zero-order valence-corrected chi connectivity index (χ0v) is 14.1. The molecule has 3 aromatic rings. The maximum Gasteiger partial charge on any atom is 0.417 e. The molecule has 4 rings (SSSR count). The number of benzene rings is 1. The Kier molecular flexibility index (Phi) is 4.36. The monoisotopic (exact) mass is 357 g/mol. The maximum absolute atomic E-state index is 12.9. The van der Waals surface area contributed by atoms with Crippen molar-refractivity contribution in [2.75, 3.05) is 13.1 Å². The van der Waals surface area contributed by atoms with Gasteiger partial charge in [0.2, 0.25) is 0 Å². The molecule has 0 spiro atoms. The SMILES string of the molecule is FC(F)(F)c1cnc2nc3c(cc2c1)CN(CCc1ccccc1)CC3. The highest BCUT2D eigenvalue weighted by Gasteiger charge is 2.31. The highest BCUT2D eigenvalue weighted by molar-refractivity contribution is 5.76. The molecule has 0 fully saturated rings. The molecule has 1 aliphatic rings. The summed E-state index contributed by atoms with van der Waals surface area (Å²) in [7, 11) is 0. The molecule has 0 amide bonds. The predicted octanol–water partition coefficient (Wildman–Crippen LogP) is 4.25. The summed E-state index contributed by atoms with van der Waals surface area (Å²) in [4.78, 5) is 10.7. The number of nitrogens with zero attached hydrogens (tertiary/aromatic N) is 3. The van der Waals surface area contributed by atoms with Gasteiger partial charge in [-0.25, -0.2) is 9.97 Å². The van der Waals surface area contributed by atoms with Crippen LogP contribution in [0.5, 0.6) is 0 Å². The zero-order chi connectivity index (χ0) is 18.1. The minimum Gasteiger partial charge on any atom is -0.298 e. The van der Waals surface area contributed by atoms with E-state index in [4.69, 9.17) is 0 Å². The van der Waals surface area contributed by atoms with Crippen LogP contribution in [0.1, 0.15) is 22.4 Å². The fourth-order valence-corrected chi connectivity index (χ4v) is 3.36. The van der Waals surface area contributed by atoms with Gasteiger partial charge in [0.15, 0.2) is 5.65 Å². The second kappa shape index (κ2) is 6.68. The van der Waals surface area contributed by atoms with E-state index in [1.54, 1.807) is 0 Å². The molecular weight excluding hydrogens is 339 g/mol. The molecule has 0 N–H and O–H groups in total. The molecular formula is C20H18F3N3. The second-order valence-corrected chi connectivity index (χ2v) is 6.62. The summed E-state index contributed by atoms with van der Waals surface area (Å²) in [5.41, 5.74) is 2.88. The topological polar surface area (TPSA) is 29.0 Å². The van der Waals surface area contributed by atoms with Crippen molar-refractivity contribution in [1.29, 1.82) is 0 Å². The number of hydrogen-bond acceptors (Lipinski definition) is 3. The maximum atomic E-state index is 12.9. The normalized spacial score (nSPS) is 15.2. The van der Waals surface area contributed by atoms with Crippen molar-refractivity contribution in [3.8, 4) is 0 Å². The van der Waals surface area contributed by atoms with Crippen LogP contribution in [0.4, 0.5) is 13.2 Å². The Labute approximate surface area is 149 Å². The summed E-state index contributed by atoms with van der Waals surface area (Å²) in [5.74, 6) is 0. The van der Waals surface area contributed by atoms with Crippen molar-refractivity contribution in [3.05, 3.63) is 71.0 Å². The third-order valence-electron chi connectivity index (χ3n) is 4.78. The highest BCUT2D eigenvalue weighted by Crippen LogP contribution is 2.31. The molecule has 0 saturated carbocycles. The van der Waals surface area contributed by atoms with Gasteiger partial charge in [-0.3, -0.25) is 4.90 Å². The average molecular weight is 357 g/mol. The molecule has 0 radical (unpaired) electrons. The van der Waals surface area contributed by atoms with E-state index >= 15 is 0 Å². The molecule has 3 heterocycles. The molecule has 3 nitrogen and oxygen atoms in total. The zero-order valence-electron chi connectivity index (χ0n) is 14.1. The molecule has 26 heavy (non-hydrogen) atoms. The third-order valence-corrected chi connectivity index (χ3v) is 4.78. The van der Waals surface area contributed by atoms with Crippen LogP contribution < -0.4 is 0 Å².